The van der Waals surface area contributed by atoms with Crippen LogP contribution in [0.5, 0.6) is 0 Å². The molecular weight excluding hydrogens is 256 g/mol. The zero-order chi connectivity index (χ0) is 13.1. The highest BCUT2D eigenvalue weighted by Gasteiger charge is 2.29. The standard InChI is InChI=1S/C12H15ClN2O3/c1-8-7-18-10(5-13)6-15(8)12(17)9-2-3-14-11(16)4-9/h2-4,8,10H,5-7H2,1H3,(H,14,16). The lowest BCUT2D eigenvalue weighted by molar-refractivity contribution is -0.0371. The van der Waals surface area contributed by atoms with Gasteiger partial charge in [0.2, 0.25) is 5.56 Å². The number of amides is 1. The van der Waals surface area contributed by atoms with Crippen LogP contribution in [0.4, 0.5) is 0 Å². The number of H-pyrrole nitrogens is 1. The highest BCUT2D eigenvalue weighted by atomic mass is 35.5. The molecule has 1 N–H and O–H groups in total. The topological polar surface area (TPSA) is 62.4 Å². The monoisotopic (exact) mass is 270 g/mol. The predicted octanol–water partition coefficient (Wildman–Crippen LogP) is 0.843. The van der Waals surface area contributed by atoms with Crippen LogP contribution in [-0.4, -0.2) is 47.0 Å². The molecule has 18 heavy (non-hydrogen) atoms. The fraction of sp³-hybridized carbons (Fsp3) is 0.500. The quantitative estimate of drug-likeness (QED) is 0.810. The minimum atomic E-state index is -0.282. The molecule has 0 aliphatic carbocycles. The molecule has 0 radical (unpaired) electrons. The zero-order valence-corrected chi connectivity index (χ0v) is 10.8. The first-order valence-electron chi connectivity index (χ1n) is 5.79. The summed E-state index contributed by atoms with van der Waals surface area (Å²) in [7, 11) is 0. The molecule has 5 nitrogen and oxygen atoms in total. The lowest BCUT2D eigenvalue weighted by atomic mass is 10.1. The van der Waals surface area contributed by atoms with Crippen LogP contribution in [0.15, 0.2) is 23.1 Å². The largest absolute Gasteiger partial charge is 0.373 e. The van der Waals surface area contributed by atoms with Gasteiger partial charge in [-0.25, -0.2) is 0 Å². The summed E-state index contributed by atoms with van der Waals surface area (Å²) in [6, 6.07) is 2.89. The van der Waals surface area contributed by atoms with Crippen LogP contribution in [0.1, 0.15) is 17.3 Å². The number of ether oxygens (including phenoxy) is 1. The van der Waals surface area contributed by atoms with E-state index in [1.807, 2.05) is 6.92 Å². The first kappa shape index (κ1) is 13.1. The van der Waals surface area contributed by atoms with Gasteiger partial charge in [0, 0.05) is 24.4 Å². The van der Waals surface area contributed by atoms with Gasteiger partial charge in [-0.05, 0) is 13.0 Å². The van der Waals surface area contributed by atoms with Crippen molar-refractivity contribution in [3.05, 3.63) is 34.2 Å². The number of halogens is 1. The summed E-state index contributed by atoms with van der Waals surface area (Å²) in [6.45, 7) is 2.83. The van der Waals surface area contributed by atoms with Crippen LogP contribution < -0.4 is 5.56 Å². The van der Waals surface area contributed by atoms with E-state index in [1.165, 1.54) is 12.3 Å². The van der Waals surface area contributed by atoms with Gasteiger partial charge in [0.05, 0.1) is 24.6 Å². The Morgan fingerprint density at radius 1 is 1.67 bits per heavy atom. The van der Waals surface area contributed by atoms with Gasteiger partial charge in [-0.2, -0.15) is 0 Å². The van der Waals surface area contributed by atoms with Gasteiger partial charge >= 0.3 is 0 Å². The van der Waals surface area contributed by atoms with Crippen LogP contribution in [0, 0.1) is 0 Å². The molecule has 1 saturated heterocycles. The highest BCUT2D eigenvalue weighted by molar-refractivity contribution is 6.18. The van der Waals surface area contributed by atoms with Crippen LogP contribution in [0.3, 0.4) is 0 Å². The van der Waals surface area contributed by atoms with Crippen molar-refractivity contribution in [1.29, 1.82) is 0 Å². The van der Waals surface area contributed by atoms with Crippen molar-refractivity contribution < 1.29 is 9.53 Å². The Bertz CT molecular complexity index is 488. The minimum absolute atomic E-state index is 0.0174. The molecule has 0 aromatic carbocycles. The molecule has 1 amide bonds. The van der Waals surface area contributed by atoms with Crippen molar-refractivity contribution in [2.45, 2.75) is 19.1 Å². The Morgan fingerprint density at radius 2 is 2.44 bits per heavy atom. The van der Waals surface area contributed by atoms with E-state index in [1.54, 1.807) is 11.0 Å². The highest BCUT2D eigenvalue weighted by Crippen LogP contribution is 2.15. The third-order valence-corrected chi connectivity index (χ3v) is 3.30. The van der Waals surface area contributed by atoms with E-state index >= 15 is 0 Å². The van der Waals surface area contributed by atoms with E-state index in [2.05, 4.69) is 4.98 Å². The van der Waals surface area contributed by atoms with E-state index in [0.717, 1.165) is 0 Å². The van der Waals surface area contributed by atoms with Crippen LogP contribution in [0.2, 0.25) is 0 Å². The summed E-state index contributed by atoms with van der Waals surface area (Å²) in [6.07, 6.45) is 1.33. The summed E-state index contributed by atoms with van der Waals surface area (Å²) < 4.78 is 5.49. The van der Waals surface area contributed by atoms with Gasteiger partial charge in [-0.15, -0.1) is 11.6 Å². The van der Waals surface area contributed by atoms with E-state index in [9.17, 15) is 9.59 Å². The van der Waals surface area contributed by atoms with Crippen molar-refractivity contribution in [1.82, 2.24) is 9.88 Å². The second-order valence-corrected chi connectivity index (χ2v) is 4.67. The van der Waals surface area contributed by atoms with Gasteiger partial charge in [0.25, 0.3) is 5.91 Å². The van der Waals surface area contributed by atoms with Gasteiger partial charge < -0.3 is 14.6 Å². The summed E-state index contributed by atoms with van der Waals surface area (Å²) in [4.78, 5) is 27.7. The summed E-state index contributed by atoms with van der Waals surface area (Å²) in [5, 5.41) is 0. The van der Waals surface area contributed by atoms with E-state index in [-0.39, 0.29) is 23.6 Å². The van der Waals surface area contributed by atoms with Crippen LogP contribution >= 0.6 is 11.6 Å². The Balaban J connectivity index is 2.19. The number of pyridine rings is 1. The maximum absolute atomic E-state index is 12.3. The molecule has 0 spiro atoms. The van der Waals surface area contributed by atoms with Gasteiger partial charge in [-0.1, -0.05) is 0 Å². The Morgan fingerprint density at radius 3 is 3.11 bits per heavy atom. The Labute approximate surface area is 110 Å². The number of rotatable bonds is 2. The summed E-state index contributed by atoms with van der Waals surface area (Å²) >= 11 is 5.75. The molecule has 2 heterocycles. The van der Waals surface area contributed by atoms with E-state index in [4.69, 9.17) is 16.3 Å². The lowest BCUT2D eigenvalue weighted by Crippen LogP contribution is -2.51. The van der Waals surface area contributed by atoms with Gasteiger partial charge in [0.1, 0.15) is 0 Å². The summed E-state index contributed by atoms with van der Waals surface area (Å²) in [5.41, 5.74) is 0.108. The molecule has 1 aliphatic heterocycles. The first-order valence-corrected chi connectivity index (χ1v) is 6.32. The number of nitrogens with one attached hydrogen (secondary N) is 1. The third kappa shape index (κ3) is 2.73. The SMILES string of the molecule is CC1COC(CCl)CN1C(=O)c1cc[nH]c(=O)c1. The smallest absolute Gasteiger partial charge is 0.254 e. The number of morpholine rings is 1. The number of alkyl halides is 1. The predicted molar refractivity (Wildman–Crippen MR) is 68.0 cm³/mol. The van der Waals surface area contributed by atoms with E-state index < -0.39 is 0 Å². The van der Waals surface area contributed by atoms with Crippen molar-refractivity contribution in [2.75, 3.05) is 19.0 Å². The number of hydrogen-bond donors (Lipinski definition) is 1. The molecule has 2 atom stereocenters. The van der Waals surface area contributed by atoms with Crippen molar-refractivity contribution in [3.8, 4) is 0 Å². The number of aromatic nitrogens is 1. The van der Waals surface area contributed by atoms with Crippen molar-refractivity contribution >= 4 is 17.5 Å². The molecule has 1 fully saturated rings. The Kier molecular flexibility index (Phi) is 4.04. The number of carbonyl (C=O) groups is 1. The lowest BCUT2D eigenvalue weighted by Gasteiger charge is -2.37. The maximum atomic E-state index is 12.3. The molecule has 2 unspecified atom stereocenters. The molecule has 0 saturated carbocycles. The van der Waals surface area contributed by atoms with E-state index in [0.29, 0.717) is 24.6 Å². The van der Waals surface area contributed by atoms with Crippen molar-refractivity contribution in [2.24, 2.45) is 0 Å². The van der Waals surface area contributed by atoms with Crippen LogP contribution in [-0.2, 0) is 4.74 Å². The average molecular weight is 271 g/mol. The molecule has 98 valence electrons. The molecule has 6 heteroatoms. The van der Waals surface area contributed by atoms with Gasteiger partial charge in [-0.3, -0.25) is 9.59 Å². The second-order valence-electron chi connectivity index (χ2n) is 4.36. The fourth-order valence-electron chi connectivity index (χ4n) is 1.94. The third-order valence-electron chi connectivity index (χ3n) is 2.96. The number of aromatic amines is 1. The molecule has 0 bridgehead atoms. The average Bonchev–Trinajstić information content (AvgIpc) is 2.38. The molecule has 1 aromatic heterocycles. The number of hydrogen-bond acceptors (Lipinski definition) is 3. The first-order chi connectivity index (χ1) is 8.61. The molecular formula is C12H15ClN2O3. The van der Waals surface area contributed by atoms with Gasteiger partial charge in [0.15, 0.2) is 0 Å². The number of nitrogens with zero attached hydrogens (tertiary/aromatic N) is 1. The second kappa shape index (κ2) is 5.54. The molecule has 1 aliphatic rings. The normalized spacial score (nSPS) is 24.0. The molecule has 2 rings (SSSR count). The Hall–Kier alpha value is -1.33. The maximum Gasteiger partial charge on any atom is 0.254 e. The fourth-order valence-corrected chi connectivity index (χ4v) is 2.12. The zero-order valence-electron chi connectivity index (χ0n) is 10.1. The summed E-state index contributed by atoms with van der Waals surface area (Å²) in [5.74, 6) is 0.193. The minimum Gasteiger partial charge on any atom is -0.373 e. The van der Waals surface area contributed by atoms with Crippen molar-refractivity contribution in [3.63, 3.8) is 0 Å². The molecule has 1 aromatic rings. The number of carbonyl (C=O) groups excluding carboxylic acids is 1. The van der Waals surface area contributed by atoms with Crippen LogP contribution in [0.25, 0.3) is 0 Å².